The van der Waals surface area contributed by atoms with Gasteiger partial charge < -0.3 is 15.5 Å². The van der Waals surface area contributed by atoms with Gasteiger partial charge in [-0.05, 0) is 23.8 Å². The monoisotopic (exact) mass is 301 g/mol. The van der Waals surface area contributed by atoms with Gasteiger partial charge in [-0.3, -0.25) is 4.79 Å². The molecular weight excluding hydrogens is 286 g/mol. The minimum Gasteiger partial charge on any atom is -0.479 e. The van der Waals surface area contributed by atoms with Crippen molar-refractivity contribution in [1.82, 2.24) is 5.32 Å². The second kappa shape index (κ2) is 6.40. The molecule has 104 valence electrons. The molecule has 0 fully saturated rings. The van der Waals surface area contributed by atoms with Gasteiger partial charge in [0.25, 0.3) is 5.91 Å². The Hall–Kier alpha value is -1.05. The van der Waals surface area contributed by atoms with Crippen LogP contribution in [0, 0.1) is 0 Å². The first-order valence-electron chi connectivity index (χ1n) is 5.96. The van der Waals surface area contributed by atoms with Crippen molar-refractivity contribution in [1.29, 1.82) is 0 Å². The molecule has 7 heteroatoms. The van der Waals surface area contributed by atoms with Crippen LogP contribution in [0.4, 0.5) is 0 Å². The van der Waals surface area contributed by atoms with Crippen molar-refractivity contribution < 1.29 is 19.8 Å². The fourth-order valence-corrected chi connectivity index (χ4v) is 4.08. The molecule has 0 unspecified atom stereocenters. The minimum atomic E-state index is -1.42. The van der Waals surface area contributed by atoms with Crippen molar-refractivity contribution in [3.8, 4) is 0 Å². The summed E-state index contributed by atoms with van der Waals surface area (Å²) in [5.74, 6) is 0.593. The topological polar surface area (TPSA) is 86.6 Å². The Morgan fingerprint density at radius 2 is 2.26 bits per heavy atom. The van der Waals surface area contributed by atoms with E-state index in [2.05, 4.69) is 5.32 Å². The quantitative estimate of drug-likeness (QED) is 0.758. The summed E-state index contributed by atoms with van der Waals surface area (Å²) < 4.78 is 0. The van der Waals surface area contributed by atoms with E-state index in [1.165, 1.54) is 21.8 Å². The average molecular weight is 301 g/mol. The Labute approximate surface area is 119 Å². The minimum absolute atomic E-state index is 0.0159. The lowest BCUT2D eigenvalue weighted by atomic mass is 10.2. The van der Waals surface area contributed by atoms with Crippen LogP contribution in [0.5, 0.6) is 0 Å². The largest absolute Gasteiger partial charge is 0.479 e. The maximum absolute atomic E-state index is 11.9. The maximum Gasteiger partial charge on any atom is 0.332 e. The van der Waals surface area contributed by atoms with Crippen molar-refractivity contribution in [3.05, 3.63) is 21.4 Å². The summed E-state index contributed by atoms with van der Waals surface area (Å²) in [6.07, 6.45) is -0.397. The van der Waals surface area contributed by atoms with Crippen LogP contribution in [0.1, 0.15) is 26.5 Å². The van der Waals surface area contributed by atoms with Crippen LogP contribution >= 0.6 is 23.1 Å². The third kappa shape index (κ3) is 3.71. The molecule has 0 aromatic carbocycles. The molecule has 1 amide bonds. The molecule has 0 saturated carbocycles. The summed E-state index contributed by atoms with van der Waals surface area (Å²) >= 11 is 3.37. The highest BCUT2D eigenvalue weighted by molar-refractivity contribution is 7.98. The van der Waals surface area contributed by atoms with E-state index in [4.69, 9.17) is 10.2 Å². The van der Waals surface area contributed by atoms with Gasteiger partial charge in [0.1, 0.15) is 0 Å². The number of carbonyl (C=O) groups excluding carboxylic acids is 1. The summed E-state index contributed by atoms with van der Waals surface area (Å²) in [5, 5.41) is 20.2. The van der Waals surface area contributed by atoms with E-state index in [9.17, 15) is 9.59 Å². The zero-order valence-corrected chi connectivity index (χ0v) is 11.9. The number of aryl methyl sites for hydroxylation is 1. The van der Waals surface area contributed by atoms with Crippen LogP contribution in [-0.4, -0.2) is 40.5 Å². The molecule has 2 rings (SSSR count). The number of aliphatic carboxylic acids is 1. The first-order valence-corrected chi connectivity index (χ1v) is 7.93. The van der Waals surface area contributed by atoms with Crippen molar-refractivity contribution in [2.24, 2.45) is 0 Å². The number of fused-ring (bicyclic) bond motifs is 1. The molecule has 0 saturated heterocycles. The van der Waals surface area contributed by atoms with Gasteiger partial charge in [0, 0.05) is 23.6 Å². The molecule has 19 heavy (non-hydrogen) atoms. The number of rotatable bonds is 5. The first kappa shape index (κ1) is 14.4. The van der Waals surface area contributed by atoms with Gasteiger partial charge in [0.15, 0.2) is 6.10 Å². The molecule has 1 aliphatic rings. The Balaban J connectivity index is 1.86. The number of amides is 1. The van der Waals surface area contributed by atoms with Gasteiger partial charge >= 0.3 is 5.97 Å². The molecule has 3 N–H and O–H groups in total. The predicted molar refractivity (Wildman–Crippen MR) is 74.8 cm³/mol. The zero-order valence-electron chi connectivity index (χ0n) is 10.2. The number of aliphatic hydroxyl groups is 1. The molecule has 0 radical (unpaired) electrons. The Morgan fingerprint density at radius 3 is 2.95 bits per heavy atom. The summed E-state index contributed by atoms with van der Waals surface area (Å²) in [6, 6.07) is 1.91. The van der Waals surface area contributed by atoms with Gasteiger partial charge in [0.05, 0.1) is 4.88 Å². The lowest BCUT2D eigenvalue weighted by Gasteiger charge is -2.08. The number of carboxylic acid groups (broad SMARTS) is 1. The van der Waals surface area contributed by atoms with Crippen molar-refractivity contribution in [2.45, 2.75) is 24.7 Å². The summed E-state index contributed by atoms with van der Waals surface area (Å²) in [6.45, 7) is 0.156. The van der Waals surface area contributed by atoms with Crippen LogP contribution < -0.4 is 5.32 Å². The van der Waals surface area contributed by atoms with Crippen LogP contribution in [-0.2, 0) is 17.0 Å². The first-order chi connectivity index (χ1) is 9.08. The second-order valence-corrected chi connectivity index (χ2v) is 6.50. The van der Waals surface area contributed by atoms with Crippen molar-refractivity contribution >= 4 is 35.0 Å². The van der Waals surface area contributed by atoms with Crippen LogP contribution in [0.2, 0.25) is 0 Å². The van der Waals surface area contributed by atoms with E-state index in [1.807, 2.05) is 17.8 Å². The van der Waals surface area contributed by atoms with Crippen LogP contribution in [0.25, 0.3) is 0 Å². The lowest BCUT2D eigenvalue weighted by molar-refractivity contribution is -0.146. The normalized spacial score (nSPS) is 15.6. The standard InChI is InChI=1S/C12H15NO4S2/c14-8(12(16)17)1-3-13-11(15)10-5-7-6-18-4-2-9(7)19-10/h5,8,14H,1-4,6H2,(H,13,15)(H,16,17)/t8-/m0/s1. The van der Waals surface area contributed by atoms with E-state index in [0.717, 1.165) is 17.9 Å². The Bertz CT molecular complexity index is 463. The number of nitrogens with one attached hydrogen (secondary N) is 1. The molecule has 2 heterocycles. The summed E-state index contributed by atoms with van der Waals surface area (Å²) in [4.78, 5) is 24.2. The molecule has 0 spiro atoms. The van der Waals surface area contributed by atoms with E-state index in [-0.39, 0.29) is 18.9 Å². The van der Waals surface area contributed by atoms with Gasteiger partial charge in [-0.25, -0.2) is 4.79 Å². The van der Waals surface area contributed by atoms with Crippen molar-refractivity contribution in [2.75, 3.05) is 12.3 Å². The third-order valence-corrected chi connectivity index (χ3v) is 5.08. The van der Waals surface area contributed by atoms with Gasteiger partial charge in [-0.15, -0.1) is 11.3 Å². The van der Waals surface area contributed by atoms with E-state index >= 15 is 0 Å². The molecule has 0 bridgehead atoms. The summed E-state index contributed by atoms with van der Waals surface area (Å²) in [7, 11) is 0. The molecule has 1 atom stereocenters. The smallest absolute Gasteiger partial charge is 0.332 e. The number of carbonyl (C=O) groups is 2. The van der Waals surface area contributed by atoms with Gasteiger partial charge in [-0.1, -0.05) is 0 Å². The fraction of sp³-hybridized carbons (Fsp3) is 0.500. The average Bonchev–Trinajstić information content (AvgIpc) is 2.82. The predicted octanol–water partition coefficient (Wildman–Crippen LogP) is 1.10. The third-order valence-electron chi connectivity index (χ3n) is 2.84. The molecule has 0 aliphatic carbocycles. The Kier molecular flexibility index (Phi) is 4.84. The Morgan fingerprint density at radius 1 is 1.47 bits per heavy atom. The molecular formula is C12H15NO4S2. The lowest BCUT2D eigenvalue weighted by Crippen LogP contribution is -2.29. The van der Waals surface area contributed by atoms with Crippen LogP contribution in [0.15, 0.2) is 6.07 Å². The molecule has 1 aromatic rings. The highest BCUT2D eigenvalue weighted by Crippen LogP contribution is 2.31. The zero-order chi connectivity index (χ0) is 13.8. The highest BCUT2D eigenvalue weighted by atomic mass is 32.2. The summed E-state index contributed by atoms with van der Waals surface area (Å²) in [5.41, 5.74) is 1.23. The molecule has 1 aliphatic heterocycles. The van der Waals surface area contributed by atoms with E-state index in [1.54, 1.807) is 0 Å². The number of hydrogen-bond donors (Lipinski definition) is 3. The number of aliphatic hydroxyl groups excluding tert-OH is 1. The van der Waals surface area contributed by atoms with Gasteiger partial charge in [-0.2, -0.15) is 11.8 Å². The number of thiophene rings is 1. The highest BCUT2D eigenvalue weighted by Gasteiger charge is 2.18. The van der Waals surface area contributed by atoms with E-state index < -0.39 is 12.1 Å². The van der Waals surface area contributed by atoms with Gasteiger partial charge in [0.2, 0.25) is 0 Å². The number of hydrogen-bond acceptors (Lipinski definition) is 5. The SMILES string of the molecule is O=C(NCC[C@H](O)C(=O)O)c1cc2c(s1)CCSC2. The van der Waals surface area contributed by atoms with E-state index in [0.29, 0.717) is 4.88 Å². The second-order valence-electron chi connectivity index (χ2n) is 4.26. The van der Waals surface area contributed by atoms with Crippen molar-refractivity contribution in [3.63, 3.8) is 0 Å². The maximum atomic E-state index is 11.9. The molecule has 5 nitrogen and oxygen atoms in total. The number of carboxylic acids is 1. The fourth-order valence-electron chi connectivity index (χ4n) is 1.79. The van der Waals surface area contributed by atoms with Crippen LogP contribution in [0.3, 0.4) is 0 Å². The number of thioether (sulfide) groups is 1. The molecule has 1 aromatic heterocycles.